The molecular formula is C19H16ClN3O5S. The number of hydrogen-bond acceptors (Lipinski definition) is 8. The van der Waals surface area contributed by atoms with Crippen molar-refractivity contribution in [2.75, 3.05) is 31.2 Å². The summed E-state index contributed by atoms with van der Waals surface area (Å²) in [5.74, 6) is 0.262. The molecule has 0 unspecified atom stereocenters. The number of aliphatic carboxylic acids is 1. The van der Waals surface area contributed by atoms with Gasteiger partial charge in [0.15, 0.2) is 5.88 Å². The molecular weight excluding hydrogens is 418 g/mol. The lowest BCUT2D eigenvalue weighted by molar-refractivity contribution is -0.131. The first-order valence-corrected chi connectivity index (χ1v) is 9.93. The normalized spacial score (nSPS) is 14.9. The smallest absolute Gasteiger partial charge is 0.342 e. The van der Waals surface area contributed by atoms with Crippen molar-refractivity contribution in [3.05, 3.63) is 52.1 Å². The average molecular weight is 434 g/mol. The molecule has 3 heterocycles. The van der Waals surface area contributed by atoms with Crippen LogP contribution in [0.25, 0.3) is 17.5 Å². The molecule has 1 aromatic carbocycles. The van der Waals surface area contributed by atoms with Crippen molar-refractivity contribution in [3.8, 4) is 11.5 Å². The molecule has 1 aliphatic rings. The van der Waals surface area contributed by atoms with Gasteiger partial charge in [-0.1, -0.05) is 11.6 Å². The minimum Gasteiger partial charge on any atom is -0.477 e. The number of furan rings is 1. The van der Waals surface area contributed by atoms with Crippen LogP contribution in [0.2, 0.25) is 5.02 Å². The van der Waals surface area contributed by atoms with Crippen molar-refractivity contribution in [1.82, 2.24) is 10.2 Å². The summed E-state index contributed by atoms with van der Waals surface area (Å²) in [6.45, 7) is 2.73. The Labute approximate surface area is 175 Å². The van der Waals surface area contributed by atoms with Crippen LogP contribution in [-0.4, -0.2) is 47.6 Å². The van der Waals surface area contributed by atoms with Gasteiger partial charge in [0.05, 0.1) is 13.2 Å². The number of carboxylic acids is 1. The molecule has 1 aliphatic heterocycles. The molecule has 150 valence electrons. The molecule has 0 saturated carbocycles. The highest BCUT2D eigenvalue weighted by molar-refractivity contribution is 8.03. The monoisotopic (exact) mass is 433 g/mol. The van der Waals surface area contributed by atoms with Crippen LogP contribution >= 0.6 is 23.4 Å². The van der Waals surface area contributed by atoms with E-state index < -0.39 is 5.97 Å². The summed E-state index contributed by atoms with van der Waals surface area (Å²) in [5, 5.41) is 18.1. The fourth-order valence-corrected chi connectivity index (χ4v) is 3.47. The molecule has 1 saturated heterocycles. The number of rotatable bonds is 6. The van der Waals surface area contributed by atoms with Crippen molar-refractivity contribution in [2.45, 2.75) is 5.22 Å². The van der Waals surface area contributed by atoms with Gasteiger partial charge >= 0.3 is 5.97 Å². The second-order valence-electron chi connectivity index (χ2n) is 6.07. The number of carbonyl (C=O) groups is 1. The zero-order chi connectivity index (χ0) is 20.2. The van der Waals surface area contributed by atoms with Crippen LogP contribution < -0.4 is 4.90 Å². The van der Waals surface area contributed by atoms with E-state index >= 15 is 0 Å². The number of aromatic nitrogens is 2. The Balaban J connectivity index is 1.50. The third-order valence-electron chi connectivity index (χ3n) is 4.11. The van der Waals surface area contributed by atoms with E-state index in [0.29, 0.717) is 35.4 Å². The summed E-state index contributed by atoms with van der Waals surface area (Å²) >= 11 is 6.73. The summed E-state index contributed by atoms with van der Waals surface area (Å²) in [6.07, 6.45) is 1.43. The van der Waals surface area contributed by atoms with Crippen LogP contribution in [0.3, 0.4) is 0 Å². The first-order valence-electron chi connectivity index (χ1n) is 8.73. The molecule has 0 atom stereocenters. The van der Waals surface area contributed by atoms with Crippen molar-refractivity contribution in [3.63, 3.8) is 0 Å². The molecule has 10 heteroatoms. The average Bonchev–Trinajstić information content (AvgIpc) is 3.39. The van der Waals surface area contributed by atoms with Gasteiger partial charge in [0.25, 0.3) is 5.22 Å². The number of morpholine rings is 1. The van der Waals surface area contributed by atoms with Gasteiger partial charge < -0.3 is 23.6 Å². The second-order valence-corrected chi connectivity index (χ2v) is 7.50. The van der Waals surface area contributed by atoms with E-state index in [0.717, 1.165) is 24.9 Å². The standard InChI is InChI=1S/C19H16ClN3O5S/c20-13-3-1-12(2-4-13)17-21-22-19(28-17)29-15(18(24)25)11-14-5-6-16(27-14)23-7-9-26-10-8-23/h1-6,11H,7-10H2,(H,24,25)/b15-11-. The van der Waals surface area contributed by atoms with E-state index in [2.05, 4.69) is 10.2 Å². The summed E-state index contributed by atoms with van der Waals surface area (Å²) in [7, 11) is 0. The Hall–Kier alpha value is -2.75. The molecule has 2 aromatic heterocycles. The lowest BCUT2D eigenvalue weighted by Crippen LogP contribution is -2.35. The molecule has 0 amide bonds. The Kier molecular flexibility index (Phi) is 5.89. The van der Waals surface area contributed by atoms with E-state index in [-0.39, 0.29) is 16.0 Å². The third kappa shape index (κ3) is 4.81. The molecule has 3 aromatic rings. The van der Waals surface area contributed by atoms with Crippen molar-refractivity contribution >= 4 is 41.3 Å². The van der Waals surface area contributed by atoms with Crippen LogP contribution in [0.15, 0.2) is 55.4 Å². The molecule has 4 rings (SSSR count). The summed E-state index contributed by atoms with van der Waals surface area (Å²) in [6, 6.07) is 10.4. The van der Waals surface area contributed by atoms with Crippen molar-refractivity contribution < 1.29 is 23.5 Å². The van der Waals surface area contributed by atoms with E-state index in [9.17, 15) is 9.90 Å². The summed E-state index contributed by atoms with van der Waals surface area (Å²) in [4.78, 5) is 13.7. The van der Waals surface area contributed by atoms with E-state index in [1.807, 2.05) is 11.0 Å². The van der Waals surface area contributed by atoms with Gasteiger partial charge in [-0.3, -0.25) is 0 Å². The maximum Gasteiger partial charge on any atom is 0.342 e. The van der Waals surface area contributed by atoms with Crippen LogP contribution in [0.5, 0.6) is 0 Å². The molecule has 29 heavy (non-hydrogen) atoms. The molecule has 0 radical (unpaired) electrons. The SMILES string of the molecule is O=C(O)/C(=C/c1ccc(N2CCOCC2)o1)Sc1nnc(-c2ccc(Cl)cc2)o1. The molecule has 1 fully saturated rings. The lowest BCUT2D eigenvalue weighted by Gasteiger charge is -2.26. The number of thioether (sulfide) groups is 1. The van der Waals surface area contributed by atoms with Crippen LogP contribution in [0.4, 0.5) is 5.88 Å². The number of benzene rings is 1. The minimum atomic E-state index is -1.12. The first-order chi connectivity index (χ1) is 14.1. The van der Waals surface area contributed by atoms with E-state index in [4.69, 9.17) is 25.2 Å². The Bertz CT molecular complexity index is 1020. The van der Waals surface area contributed by atoms with Gasteiger partial charge in [-0.25, -0.2) is 4.79 Å². The van der Waals surface area contributed by atoms with Gasteiger partial charge in [-0.2, -0.15) is 0 Å². The number of nitrogens with zero attached hydrogens (tertiary/aromatic N) is 3. The van der Waals surface area contributed by atoms with E-state index in [1.54, 1.807) is 30.3 Å². The van der Waals surface area contributed by atoms with Crippen LogP contribution in [-0.2, 0) is 9.53 Å². The zero-order valence-electron chi connectivity index (χ0n) is 15.1. The molecule has 0 bridgehead atoms. The highest BCUT2D eigenvalue weighted by atomic mass is 35.5. The number of ether oxygens (including phenoxy) is 1. The minimum absolute atomic E-state index is 0.000756. The number of hydrogen-bond donors (Lipinski definition) is 1. The largest absolute Gasteiger partial charge is 0.477 e. The summed E-state index contributed by atoms with van der Waals surface area (Å²) in [5.41, 5.74) is 0.691. The first kappa shape index (κ1) is 19.6. The fourth-order valence-electron chi connectivity index (χ4n) is 2.69. The van der Waals surface area contributed by atoms with Crippen LogP contribution in [0, 0.1) is 0 Å². The van der Waals surface area contributed by atoms with Gasteiger partial charge in [0.2, 0.25) is 5.89 Å². The molecule has 1 N–H and O–H groups in total. The lowest BCUT2D eigenvalue weighted by atomic mass is 10.2. The Morgan fingerprint density at radius 3 is 2.59 bits per heavy atom. The topological polar surface area (TPSA) is 102 Å². The predicted molar refractivity (Wildman–Crippen MR) is 108 cm³/mol. The van der Waals surface area contributed by atoms with Crippen molar-refractivity contribution in [2.24, 2.45) is 0 Å². The Morgan fingerprint density at radius 1 is 1.10 bits per heavy atom. The Morgan fingerprint density at radius 2 is 1.86 bits per heavy atom. The maximum absolute atomic E-state index is 11.7. The summed E-state index contributed by atoms with van der Waals surface area (Å²) < 4.78 is 16.7. The van der Waals surface area contributed by atoms with Crippen molar-refractivity contribution in [1.29, 1.82) is 0 Å². The fraction of sp³-hybridized carbons (Fsp3) is 0.211. The molecule has 0 spiro atoms. The number of halogens is 1. The third-order valence-corrected chi connectivity index (χ3v) is 5.22. The zero-order valence-corrected chi connectivity index (χ0v) is 16.7. The second kappa shape index (κ2) is 8.73. The highest BCUT2D eigenvalue weighted by Crippen LogP contribution is 2.31. The number of anilines is 1. The predicted octanol–water partition coefficient (Wildman–Crippen LogP) is 4.04. The molecule has 8 nitrogen and oxygen atoms in total. The quantitative estimate of drug-likeness (QED) is 0.455. The maximum atomic E-state index is 11.7. The van der Waals surface area contributed by atoms with Gasteiger partial charge in [-0.15, -0.1) is 10.2 Å². The van der Waals surface area contributed by atoms with Gasteiger partial charge in [0.1, 0.15) is 10.7 Å². The van der Waals surface area contributed by atoms with E-state index in [1.165, 1.54) is 6.08 Å². The highest BCUT2D eigenvalue weighted by Gasteiger charge is 2.18. The van der Waals surface area contributed by atoms with Gasteiger partial charge in [-0.05, 0) is 42.1 Å². The van der Waals surface area contributed by atoms with Gasteiger partial charge in [0, 0.05) is 35.8 Å². The molecule has 0 aliphatic carbocycles. The van der Waals surface area contributed by atoms with Crippen LogP contribution in [0.1, 0.15) is 5.76 Å². The number of carboxylic acid groups (broad SMARTS) is 1.